The minimum Gasteiger partial charge on any atom is -0.331 e. The van der Waals surface area contributed by atoms with Crippen LogP contribution in [0.25, 0.3) is 0 Å². The fourth-order valence-electron chi connectivity index (χ4n) is 1.15. The lowest BCUT2D eigenvalue weighted by Crippen LogP contribution is -2.39. The number of rotatable bonds is 0. The fourth-order valence-corrected chi connectivity index (χ4v) is 2.92. The van der Waals surface area contributed by atoms with E-state index in [2.05, 4.69) is 10.0 Å². The first-order valence-corrected chi connectivity index (χ1v) is 5.89. The summed E-state index contributed by atoms with van der Waals surface area (Å²) in [5, 5.41) is 3.16. The van der Waals surface area contributed by atoms with Gasteiger partial charge in [-0.3, -0.25) is 4.72 Å². The SMILES string of the molecule is O=S1(=O)NC(=S)Nc2ccc(Cl)cc21. The van der Waals surface area contributed by atoms with E-state index >= 15 is 0 Å². The Hall–Kier alpha value is -0.850. The van der Waals surface area contributed by atoms with Crippen LogP contribution in [0.1, 0.15) is 0 Å². The molecule has 74 valence electrons. The molecule has 0 radical (unpaired) electrons. The van der Waals surface area contributed by atoms with Gasteiger partial charge in [-0.25, -0.2) is 8.42 Å². The van der Waals surface area contributed by atoms with Gasteiger partial charge in [-0.2, -0.15) is 0 Å². The van der Waals surface area contributed by atoms with E-state index < -0.39 is 10.0 Å². The van der Waals surface area contributed by atoms with Gasteiger partial charge < -0.3 is 5.32 Å². The van der Waals surface area contributed by atoms with E-state index in [1.165, 1.54) is 6.07 Å². The highest BCUT2D eigenvalue weighted by Crippen LogP contribution is 2.27. The summed E-state index contributed by atoms with van der Waals surface area (Å²) in [6.45, 7) is 0. The summed E-state index contributed by atoms with van der Waals surface area (Å²) in [5.74, 6) is 0. The molecule has 0 spiro atoms. The molecule has 0 saturated heterocycles. The topological polar surface area (TPSA) is 58.2 Å². The van der Waals surface area contributed by atoms with E-state index in [1.54, 1.807) is 12.1 Å². The number of nitrogens with one attached hydrogen (secondary N) is 2. The summed E-state index contributed by atoms with van der Waals surface area (Å²) in [6.07, 6.45) is 0. The predicted molar refractivity (Wildman–Crippen MR) is 58.0 cm³/mol. The molecule has 7 heteroatoms. The summed E-state index contributed by atoms with van der Waals surface area (Å²) in [5.41, 5.74) is 0.443. The zero-order valence-electron chi connectivity index (χ0n) is 6.74. The van der Waals surface area contributed by atoms with Gasteiger partial charge in [-0.15, -0.1) is 0 Å². The van der Waals surface area contributed by atoms with Crippen molar-refractivity contribution < 1.29 is 8.42 Å². The highest BCUT2D eigenvalue weighted by Gasteiger charge is 2.25. The Kier molecular flexibility index (Phi) is 2.13. The first-order valence-electron chi connectivity index (χ1n) is 3.62. The first kappa shape index (κ1) is 9.70. The normalized spacial score (nSPS) is 17.9. The standard InChI is InChI=1S/C7H5ClN2O2S2/c8-4-1-2-5-6(3-4)14(11,12)10-7(13)9-5/h1-3H,(H2,9,10,13). The molecule has 2 rings (SSSR count). The second-order valence-corrected chi connectivity index (χ2v) is 5.20. The van der Waals surface area contributed by atoms with Crippen LogP contribution < -0.4 is 10.0 Å². The molecule has 0 saturated carbocycles. The lowest BCUT2D eigenvalue weighted by Gasteiger charge is -2.20. The minimum absolute atomic E-state index is 0.0693. The molecule has 1 aromatic carbocycles. The predicted octanol–water partition coefficient (Wildman–Crippen LogP) is 1.33. The Balaban J connectivity index is 2.71. The van der Waals surface area contributed by atoms with Gasteiger partial charge in [0.05, 0.1) is 5.69 Å². The Bertz CT molecular complexity index is 512. The minimum atomic E-state index is -3.55. The second kappa shape index (κ2) is 3.08. The molecule has 0 aromatic heterocycles. The lowest BCUT2D eigenvalue weighted by molar-refractivity contribution is 0.592. The molecule has 0 unspecified atom stereocenters. The number of halogens is 1. The molecular weight excluding hydrogens is 244 g/mol. The highest BCUT2D eigenvalue weighted by molar-refractivity contribution is 7.92. The van der Waals surface area contributed by atoms with Gasteiger partial charge in [-0.05, 0) is 30.4 Å². The highest BCUT2D eigenvalue weighted by atomic mass is 35.5. The Labute approximate surface area is 91.3 Å². The average molecular weight is 249 g/mol. The smallest absolute Gasteiger partial charge is 0.265 e. The third-order valence-corrected chi connectivity index (χ3v) is 3.67. The van der Waals surface area contributed by atoms with E-state index in [0.29, 0.717) is 10.7 Å². The fraction of sp³-hybridized carbons (Fsp3) is 0. The van der Waals surface area contributed by atoms with Gasteiger partial charge in [0.25, 0.3) is 10.0 Å². The maximum absolute atomic E-state index is 11.5. The number of hydrogen-bond donors (Lipinski definition) is 2. The van der Waals surface area contributed by atoms with Crippen molar-refractivity contribution in [3.8, 4) is 0 Å². The van der Waals surface area contributed by atoms with Crippen LogP contribution in [0.4, 0.5) is 5.69 Å². The van der Waals surface area contributed by atoms with Crippen molar-refractivity contribution in [2.45, 2.75) is 4.90 Å². The molecule has 2 N–H and O–H groups in total. The Morgan fingerprint density at radius 3 is 2.79 bits per heavy atom. The van der Waals surface area contributed by atoms with Crippen molar-refractivity contribution in [2.24, 2.45) is 0 Å². The molecule has 1 aliphatic heterocycles. The average Bonchev–Trinajstić information content (AvgIpc) is 2.05. The summed E-state index contributed by atoms with van der Waals surface area (Å²) < 4.78 is 25.2. The zero-order valence-corrected chi connectivity index (χ0v) is 9.13. The van der Waals surface area contributed by atoms with Gasteiger partial charge >= 0.3 is 0 Å². The third kappa shape index (κ3) is 1.56. The monoisotopic (exact) mass is 248 g/mol. The third-order valence-electron chi connectivity index (χ3n) is 1.71. The molecular formula is C7H5ClN2O2S2. The molecule has 0 bridgehead atoms. The Morgan fingerprint density at radius 1 is 1.36 bits per heavy atom. The second-order valence-electron chi connectivity index (χ2n) is 2.70. The van der Waals surface area contributed by atoms with Crippen molar-refractivity contribution >= 4 is 44.6 Å². The van der Waals surface area contributed by atoms with Crippen molar-refractivity contribution in [3.05, 3.63) is 23.2 Å². The number of anilines is 1. The van der Waals surface area contributed by atoms with E-state index in [0.717, 1.165) is 0 Å². The lowest BCUT2D eigenvalue weighted by atomic mass is 10.3. The molecule has 1 heterocycles. The molecule has 0 atom stereocenters. The number of fused-ring (bicyclic) bond motifs is 1. The van der Waals surface area contributed by atoms with Gasteiger partial charge in [-0.1, -0.05) is 11.6 Å². The van der Waals surface area contributed by atoms with E-state index in [1.807, 2.05) is 0 Å². The van der Waals surface area contributed by atoms with Crippen molar-refractivity contribution in [1.82, 2.24) is 4.72 Å². The first-order chi connectivity index (χ1) is 6.49. The molecule has 0 fully saturated rings. The van der Waals surface area contributed by atoms with E-state index in [-0.39, 0.29) is 10.0 Å². The number of benzene rings is 1. The molecule has 1 aliphatic rings. The van der Waals surface area contributed by atoms with Crippen LogP contribution in [0.2, 0.25) is 5.02 Å². The van der Waals surface area contributed by atoms with E-state index in [9.17, 15) is 8.42 Å². The molecule has 4 nitrogen and oxygen atoms in total. The van der Waals surface area contributed by atoms with Crippen LogP contribution >= 0.6 is 23.8 Å². The molecule has 14 heavy (non-hydrogen) atoms. The summed E-state index contributed by atoms with van der Waals surface area (Å²) in [7, 11) is -3.55. The molecule has 0 amide bonds. The quantitative estimate of drug-likeness (QED) is 0.680. The summed E-state index contributed by atoms with van der Waals surface area (Å²) in [4.78, 5) is 0.110. The maximum atomic E-state index is 11.5. The Morgan fingerprint density at radius 2 is 2.07 bits per heavy atom. The van der Waals surface area contributed by atoms with Crippen molar-refractivity contribution in [2.75, 3.05) is 5.32 Å². The van der Waals surface area contributed by atoms with Crippen molar-refractivity contribution in [3.63, 3.8) is 0 Å². The van der Waals surface area contributed by atoms with Crippen LogP contribution in [-0.2, 0) is 10.0 Å². The van der Waals surface area contributed by atoms with Crippen LogP contribution in [-0.4, -0.2) is 13.5 Å². The summed E-state index contributed by atoms with van der Waals surface area (Å²) >= 11 is 10.4. The van der Waals surface area contributed by atoms with Crippen LogP contribution in [0.5, 0.6) is 0 Å². The van der Waals surface area contributed by atoms with Gasteiger partial charge in [0.15, 0.2) is 5.11 Å². The molecule has 0 aliphatic carbocycles. The van der Waals surface area contributed by atoms with E-state index in [4.69, 9.17) is 23.8 Å². The van der Waals surface area contributed by atoms with Crippen LogP contribution in [0.15, 0.2) is 23.1 Å². The number of sulfonamides is 1. The van der Waals surface area contributed by atoms with Crippen molar-refractivity contribution in [1.29, 1.82) is 0 Å². The van der Waals surface area contributed by atoms with Gasteiger partial charge in [0, 0.05) is 5.02 Å². The largest absolute Gasteiger partial charge is 0.331 e. The molecule has 1 aromatic rings. The van der Waals surface area contributed by atoms with Gasteiger partial charge in [0.1, 0.15) is 4.90 Å². The van der Waals surface area contributed by atoms with Crippen LogP contribution in [0.3, 0.4) is 0 Å². The maximum Gasteiger partial charge on any atom is 0.265 e. The van der Waals surface area contributed by atoms with Gasteiger partial charge in [0.2, 0.25) is 0 Å². The zero-order chi connectivity index (χ0) is 10.3. The summed E-state index contributed by atoms with van der Waals surface area (Å²) in [6, 6.07) is 4.53. The van der Waals surface area contributed by atoms with Crippen LogP contribution in [0, 0.1) is 0 Å². The number of thiocarbonyl (C=S) groups is 1. The number of hydrogen-bond acceptors (Lipinski definition) is 3.